The first-order valence-electron chi connectivity index (χ1n) is 9.85. The predicted octanol–water partition coefficient (Wildman–Crippen LogP) is 4.02. The first kappa shape index (κ1) is 20.8. The number of benzene rings is 1. The van der Waals surface area contributed by atoms with E-state index in [1.165, 1.54) is 18.7 Å². The van der Waals surface area contributed by atoms with Crippen LogP contribution in [0.25, 0.3) is 0 Å². The Balaban J connectivity index is 1.67. The Bertz CT molecular complexity index is 699. The maximum absolute atomic E-state index is 13.3. The molecule has 2 fully saturated rings. The van der Waals surface area contributed by atoms with E-state index in [-0.39, 0.29) is 13.0 Å². The van der Waals surface area contributed by atoms with Crippen molar-refractivity contribution in [2.24, 2.45) is 5.92 Å². The molecule has 2 aliphatic heterocycles. The molecule has 2 aliphatic rings. The van der Waals surface area contributed by atoms with Crippen molar-refractivity contribution in [1.82, 2.24) is 9.80 Å². The highest BCUT2D eigenvalue weighted by molar-refractivity contribution is 5.90. The number of hydrogen-bond acceptors (Lipinski definition) is 3. The summed E-state index contributed by atoms with van der Waals surface area (Å²) < 4.78 is 39.8. The lowest BCUT2D eigenvalue weighted by molar-refractivity contribution is -0.189. The second-order valence-corrected chi connectivity index (χ2v) is 8.09. The van der Waals surface area contributed by atoms with Gasteiger partial charge in [0, 0.05) is 44.1 Å². The van der Waals surface area contributed by atoms with Gasteiger partial charge in [-0.1, -0.05) is 13.0 Å². The lowest BCUT2D eigenvalue weighted by Crippen LogP contribution is -2.51. The third kappa shape index (κ3) is 4.21. The molecule has 0 bridgehead atoms. The molecule has 0 saturated carbocycles. The summed E-state index contributed by atoms with van der Waals surface area (Å²) in [5, 5.41) is 2.79. The molecule has 0 spiro atoms. The molecule has 0 unspecified atom stereocenters. The Kier molecular flexibility index (Phi) is 5.79. The number of amides is 2. The van der Waals surface area contributed by atoms with Crippen LogP contribution < -0.4 is 10.2 Å². The molecule has 1 atom stereocenters. The summed E-state index contributed by atoms with van der Waals surface area (Å²) in [4.78, 5) is 18.7. The highest BCUT2D eigenvalue weighted by atomic mass is 19.4. The van der Waals surface area contributed by atoms with Gasteiger partial charge in [0.1, 0.15) is 0 Å². The number of nitrogens with zero attached hydrogens (tertiary/aromatic N) is 3. The lowest BCUT2D eigenvalue weighted by Gasteiger charge is -2.37. The summed E-state index contributed by atoms with van der Waals surface area (Å²) >= 11 is 0. The van der Waals surface area contributed by atoms with Crippen molar-refractivity contribution >= 4 is 17.4 Å². The van der Waals surface area contributed by atoms with Crippen LogP contribution >= 0.6 is 0 Å². The van der Waals surface area contributed by atoms with E-state index in [1.807, 2.05) is 18.2 Å². The maximum Gasteiger partial charge on any atom is 0.394 e. The van der Waals surface area contributed by atoms with E-state index in [0.717, 1.165) is 38.4 Å². The van der Waals surface area contributed by atoms with Crippen LogP contribution in [0.5, 0.6) is 0 Å². The highest BCUT2D eigenvalue weighted by Crippen LogP contribution is 2.44. The van der Waals surface area contributed by atoms with Gasteiger partial charge in [-0.2, -0.15) is 13.2 Å². The molecular weight excluding hydrogens is 369 g/mol. The Morgan fingerprint density at radius 3 is 2.43 bits per heavy atom. The largest absolute Gasteiger partial charge is 0.394 e. The molecule has 0 aromatic heterocycles. The number of halogens is 3. The number of rotatable bonds is 3. The minimum absolute atomic E-state index is 0.0638. The Morgan fingerprint density at radius 1 is 1.18 bits per heavy atom. The van der Waals surface area contributed by atoms with Crippen LogP contribution in [0.1, 0.15) is 27.2 Å². The number of anilines is 2. The molecule has 28 heavy (non-hydrogen) atoms. The number of carbonyl (C=O) groups excluding carboxylic acids is 1. The molecule has 1 aromatic rings. The molecule has 1 aromatic carbocycles. The van der Waals surface area contributed by atoms with E-state index in [9.17, 15) is 18.0 Å². The molecule has 8 heteroatoms. The minimum atomic E-state index is -4.31. The fourth-order valence-electron chi connectivity index (χ4n) is 4.31. The number of likely N-dealkylation sites (N-methyl/N-ethyl adjacent to an activating group) is 1. The molecule has 2 amide bonds. The Labute approximate surface area is 164 Å². The van der Waals surface area contributed by atoms with Crippen molar-refractivity contribution in [3.8, 4) is 0 Å². The van der Waals surface area contributed by atoms with E-state index in [4.69, 9.17) is 0 Å². The minimum Gasteiger partial charge on any atom is -0.369 e. The zero-order chi connectivity index (χ0) is 20.5. The van der Waals surface area contributed by atoms with Crippen LogP contribution in [0.15, 0.2) is 24.3 Å². The van der Waals surface area contributed by atoms with Crippen molar-refractivity contribution < 1.29 is 18.0 Å². The second-order valence-electron chi connectivity index (χ2n) is 8.09. The van der Waals surface area contributed by atoms with Crippen LogP contribution in [-0.4, -0.2) is 66.8 Å². The quantitative estimate of drug-likeness (QED) is 0.836. The van der Waals surface area contributed by atoms with E-state index in [2.05, 4.69) is 22.0 Å². The van der Waals surface area contributed by atoms with Crippen molar-refractivity contribution in [3.05, 3.63) is 24.3 Å². The van der Waals surface area contributed by atoms with Gasteiger partial charge >= 0.3 is 12.2 Å². The second kappa shape index (κ2) is 7.81. The fourth-order valence-corrected chi connectivity index (χ4v) is 4.31. The van der Waals surface area contributed by atoms with Gasteiger partial charge in [0.25, 0.3) is 0 Å². The van der Waals surface area contributed by atoms with Crippen molar-refractivity contribution in [1.29, 1.82) is 0 Å². The van der Waals surface area contributed by atoms with E-state index < -0.39 is 23.7 Å². The molecule has 1 N–H and O–H groups in total. The maximum atomic E-state index is 13.3. The van der Waals surface area contributed by atoms with E-state index in [1.54, 1.807) is 6.07 Å². The average molecular weight is 398 g/mol. The summed E-state index contributed by atoms with van der Waals surface area (Å²) in [6, 6.07) is 7.05. The van der Waals surface area contributed by atoms with Gasteiger partial charge in [-0.3, -0.25) is 0 Å². The van der Waals surface area contributed by atoms with Crippen molar-refractivity contribution in [2.45, 2.75) is 38.9 Å². The molecular formula is C20H29F3N4O. The van der Waals surface area contributed by atoms with E-state index in [0.29, 0.717) is 5.69 Å². The standard InChI is InChI=1S/C20H29F3N4O/c1-4-25-10-12-26(13-11-25)16-7-5-6-15(14-16)24-18(28)27-9-8-17(19(27,2)3)20(21,22)23/h5-7,14,17H,4,8-13H2,1-3H3,(H,24,28)/t17-/m1/s1. The summed E-state index contributed by atoms with van der Waals surface area (Å²) in [5.74, 6) is -1.51. The third-order valence-corrected chi connectivity index (χ3v) is 6.11. The number of alkyl halides is 3. The van der Waals surface area contributed by atoms with Crippen LogP contribution in [0, 0.1) is 5.92 Å². The predicted molar refractivity (Wildman–Crippen MR) is 105 cm³/mol. The topological polar surface area (TPSA) is 38.8 Å². The molecule has 2 saturated heterocycles. The Morgan fingerprint density at radius 2 is 1.86 bits per heavy atom. The van der Waals surface area contributed by atoms with Gasteiger partial charge in [-0.25, -0.2) is 4.79 Å². The van der Waals surface area contributed by atoms with Gasteiger partial charge in [0.15, 0.2) is 0 Å². The summed E-state index contributed by atoms with van der Waals surface area (Å²) in [6.45, 7) is 10.1. The molecule has 0 aliphatic carbocycles. The lowest BCUT2D eigenvalue weighted by atomic mass is 9.88. The first-order valence-corrected chi connectivity index (χ1v) is 9.85. The molecule has 5 nitrogen and oxygen atoms in total. The number of carbonyl (C=O) groups is 1. The van der Waals surface area contributed by atoms with Gasteiger partial charge in [0.2, 0.25) is 0 Å². The highest BCUT2D eigenvalue weighted by Gasteiger charge is 2.56. The zero-order valence-corrected chi connectivity index (χ0v) is 16.7. The summed E-state index contributed by atoms with van der Waals surface area (Å²) in [7, 11) is 0. The van der Waals surface area contributed by atoms with Crippen molar-refractivity contribution in [3.63, 3.8) is 0 Å². The Hall–Kier alpha value is -1.96. The van der Waals surface area contributed by atoms with E-state index >= 15 is 0 Å². The SMILES string of the molecule is CCN1CCN(c2cccc(NC(=O)N3CC[C@@H](C(F)(F)F)C3(C)C)c2)CC1. The van der Waals surface area contributed by atoms with Gasteiger partial charge in [0.05, 0.1) is 11.5 Å². The number of piperazine rings is 1. The number of likely N-dealkylation sites (tertiary alicyclic amines) is 1. The van der Waals surface area contributed by atoms with Crippen LogP contribution in [0.2, 0.25) is 0 Å². The normalized spacial score (nSPS) is 23.1. The monoisotopic (exact) mass is 398 g/mol. The molecule has 156 valence electrons. The smallest absolute Gasteiger partial charge is 0.369 e. The summed E-state index contributed by atoms with van der Waals surface area (Å²) in [5.41, 5.74) is 0.352. The third-order valence-electron chi connectivity index (χ3n) is 6.11. The first-order chi connectivity index (χ1) is 13.1. The summed E-state index contributed by atoms with van der Waals surface area (Å²) in [6.07, 6.45) is -4.37. The van der Waals surface area contributed by atoms with Crippen LogP contribution in [0.4, 0.5) is 29.3 Å². The van der Waals surface area contributed by atoms with Gasteiger partial charge < -0.3 is 20.0 Å². The number of urea groups is 1. The molecule has 3 rings (SSSR count). The van der Waals surface area contributed by atoms with Crippen molar-refractivity contribution in [2.75, 3.05) is 49.5 Å². The fraction of sp³-hybridized carbons (Fsp3) is 0.650. The number of nitrogens with one attached hydrogen (secondary N) is 1. The molecule has 0 radical (unpaired) electrons. The molecule has 2 heterocycles. The van der Waals surface area contributed by atoms with Gasteiger partial charge in [-0.05, 0) is 45.0 Å². The number of hydrogen-bond donors (Lipinski definition) is 1. The van der Waals surface area contributed by atoms with Crippen LogP contribution in [0.3, 0.4) is 0 Å². The zero-order valence-electron chi connectivity index (χ0n) is 16.7. The van der Waals surface area contributed by atoms with Gasteiger partial charge in [-0.15, -0.1) is 0 Å². The van der Waals surface area contributed by atoms with Crippen LogP contribution in [-0.2, 0) is 0 Å². The average Bonchev–Trinajstić information content (AvgIpc) is 2.97.